The molecule has 1 N–H and O–H groups in total. The molecular weight excluding hydrogens is 322 g/mol. The van der Waals surface area contributed by atoms with E-state index in [1.807, 2.05) is 0 Å². The van der Waals surface area contributed by atoms with Crippen molar-refractivity contribution in [2.75, 3.05) is 11.6 Å². The second kappa shape index (κ2) is 5.26. The number of amides is 1. The number of nitrogens with one attached hydrogen (secondary N) is 1. The van der Waals surface area contributed by atoms with Gasteiger partial charge in [0.2, 0.25) is 0 Å². The number of hydrogen-bond donors (Lipinski definition) is 1. The fourth-order valence-electron chi connectivity index (χ4n) is 2.29. The predicted octanol–water partition coefficient (Wildman–Crippen LogP) is 3.24. The van der Waals surface area contributed by atoms with E-state index < -0.39 is 9.84 Å². The third-order valence-electron chi connectivity index (χ3n) is 3.38. The number of sulfone groups is 1. The lowest BCUT2D eigenvalue weighted by atomic mass is 10.0. The zero-order valence-corrected chi connectivity index (χ0v) is 13.2. The number of hydrogen-bond acceptors (Lipinski definition) is 3. The Morgan fingerprint density at radius 1 is 1.09 bits per heavy atom. The van der Waals surface area contributed by atoms with Gasteiger partial charge < -0.3 is 5.32 Å². The number of fused-ring (bicyclic) bond motifs is 1. The fraction of sp³-hybridized carbons (Fsp3) is 0.0625. The standard InChI is InChI=1S/C16H12ClNO3S/c1-22(20,21)12-5-2-10(3-6-12)8-14-13-7-4-11(17)9-15(13)18-16(14)19/h2-9H,1H3,(H,18,19)/b14-8-. The molecule has 0 bridgehead atoms. The number of benzene rings is 2. The minimum absolute atomic E-state index is 0.204. The second-order valence-corrected chi connectivity index (χ2v) is 7.50. The van der Waals surface area contributed by atoms with Crippen LogP contribution < -0.4 is 5.32 Å². The molecule has 0 unspecified atom stereocenters. The van der Waals surface area contributed by atoms with Gasteiger partial charge in [-0.15, -0.1) is 0 Å². The first-order chi connectivity index (χ1) is 10.3. The summed E-state index contributed by atoms with van der Waals surface area (Å²) in [5, 5.41) is 3.31. The maximum absolute atomic E-state index is 12.1. The topological polar surface area (TPSA) is 63.2 Å². The highest BCUT2D eigenvalue weighted by Crippen LogP contribution is 2.34. The molecule has 0 radical (unpaired) electrons. The molecule has 3 rings (SSSR count). The molecular formula is C16H12ClNO3S. The number of anilines is 1. The van der Waals surface area contributed by atoms with Gasteiger partial charge in [-0.2, -0.15) is 0 Å². The summed E-state index contributed by atoms with van der Waals surface area (Å²) in [6, 6.07) is 11.6. The van der Waals surface area contributed by atoms with Gasteiger partial charge in [0.25, 0.3) is 5.91 Å². The van der Waals surface area contributed by atoms with E-state index in [0.717, 1.165) is 17.4 Å². The molecule has 0 fully saturated rings. The summed E-state index contributed by atoms with van der Waals surface area (Å²) in [5.41, 5.74) is 2.73. The van der Waals surface area contributed by atoms with Crippen molar-refractivity contribution in [2.24, 2.45) is 0 Å². The van der Waals surface area contributed by atoms with Crippen LogP contribution in [0.1, 0.15) is 11.1 Å². The van der Waals surface area contributed by atoms with Crippen molar-refractivity contribution in [3.05, 3.63) is 58.6 Å². The van der Waals surface area contributed by atoms with Gasteiger partial charge in [-0.05, 0) is 35.9 Å². The van der Waals surface area contributed by atoms with Gasteiger partial charge in [0.15, 0.2) is 9.84 Å². The maximum Gasteiger partial charge on any atom is 0.256 e. The monoisotopic (exact) mass is 333 g/mol. The molecule has 4 nitrogen and oxygen atoms in total. The van der Waals surface area contributed by atoms with E-state index >= 15 is 0 Å². The Kier molecular flexibility index (Phi) is 3.54. The van der Waals surface area contributed by atoms with E-state index in [4.69, 9.17) is 11.6 Å². The summed E-state index contributed by atoms with van der Waals surface area (Å²) >= 11 is 5.91. The van der Waals surface area contributed by atoms with Gasteiger partial charge in [-0.1, -0.05) is 29.8 Å². The molecule has 0 saturated heterocycles. The van der Waals surface area contributed by atoms with E-state index in [-0.39, 0.29) is 10.8 Å². The minimum Gasteiger partial charge on any atom is -0.321 e. The zero-order chi connectivity index (χ0) is 15.9. The van der Waals surface area contributed by atoms with E-state index in [2.05, 4.69) is 5.32 Å². The number of rotatable bonds is 2. The van der Waals surface area contributed by atoms with E-state index in [9.17, 15) is 13.2 Å². The lowest BCUT2D eigenvalue weighted by Gasteiger charge is -2.01. The summed E-state index contributed by atoms with van der Waals surface area (Å²) in [6.07, 6.45) is 2.88. The van der Waals surface area contributed by atoms with Crippen LogP contribution in [0.2, 0.25) is 5.02 Å². The fourth-order valence-corrected chi connectivity index (χ4v) is 3.09. The normalized spacial score (nSPS) is 15.7. The second-order valence-electron chi connectivity index (χ2n) is 5.04. The Balaban J connectivity index is 2.01. The third-order valence-corrected chi connectivity index (χ3v) is 4.75. The van der Waals surface area contributed by atoms with Gasteiger partial charge in [0, 0.05) is 22.4 Å². The van der Waals surface area contributed by atoms with Crippen molar-refractivity contribution in [3.63, 3.8) is 0 Å². The molecule has 0 spiro atoms. The van der Waals surface area contributed by atoms with Crippen molar-refractivity contribution < 1.29 is 13.2 Å². The summed E-state index contributed by atoms with van der Waals surface area (Å²) in [5.74, 6) is -0.204. The van der Waals surface area contributed by atoms with Gasteiger partial charge in [0.1, 0.15) is 0 Å². The first kappa shape index (κ1) is 14.8. The molecule has 0 saturated carbocycles. The van der Waals surface area contributed by atoms with Crippen molar-refractivity contribution >= 4 is 44.7 Å². The highest BCUT2D eigenvalue weighted by Gasteiger charge is 2.24. The Morgan fingerprint density at radius 3 is 2.41 bits per heavy atom. The SMILES string of the molecule is CS(=O)(=O)c1ccc(/C=C2\C(=O)Nc3cc(Cl)ccc32)cc1. The Labute approximate surface area is 133 Å². The Morgan fingerprint density at radius 2 is 1.77 bits per heavy atom. The van der Waals surface area contributed by atoms with Crippen LogP contribution >= 0.6 is 11.6 Å². The molecule has 1 aliphatic rings. The first-order valence-corrected chi connectivity index (χ1v) is 8.74. The Bertz CT molecular complexity index is 899. The van der Waals surface area contributed by atoms with Crippen molar-refractivity contribution in [1.82, 2.24) is 0 Å². The summed E-state index contributed by atoms with van der Waals surface area (Å²) in [6.45, 7) is 0. The molecule has 2 aromatic rings. The Hall–Kier alpha value is -2.11. The molecule has 0 atom stereocenters. The summed E-state index contributed by atoms with van der Waals surface area (Å²) < 4.78 is 22.9. The molecule has 22 heavy (non-hydrogen) atoms. The van der Waals surface area contributed by atoms with Crippen LogP contribution in [0.4, 0.5) is 5.69 Å². The highest BCUT2D eigenvalue weighted by atomic mass is 35.5. The van der Waals surface area contributed by atoms with E-state index in [0.29, 0.717) is 16.3 Å². The lowest BCUT2D eigenvalue weighted by molar-refractivity contribution is -0.110. The van der Waals surface area contributed by atoms with Crippen LogP contribution in [-0.2, 0) is 14.6 Å². The van der Waals surface area contributed by atoms with Crippen LogP contribution in [-0.4, -0.2) is 20.6 Å². The van der Waals surface area contributed by atoms with Gasteiger partial charge >= 0.3 is 0 Å². The van der Waals surface area contributed by atoms with Crippen LogP contribution in [0.5, 0.6) is 0 Å². The smallest absolute Gasteiger partial charge is 0.256 e. The van der Waals surface area contributed by atoms with Gasteiger partial charge in [-0.25, -0.2) is 8.42 Å². The van der Waals surface area contributed by atoms with Crippen molar-refractivity contribution in [2.45, 2.75) is 4.90 Å². The molecule has 1 heterocycles. The molecule has 6 heteroatoms. The van der Waals surface area contributed by atoms with Crippen LogP contribution in [0, 0.1) is 0 Å². The van der Waals surface area contributed by atoms with Crippen LogP contribution in [0.25, 0.3) is 11.6 Å². The molecule has 1 amide bonds. The minimum atomic E-state index is -3.23. The maximum atomic E-state index is 12.1. The summed E-state index contributed by atoms with van der Waals surface area (Å²) in [4.78, 5) is 12.3. The predicted molar refractivity (Wildman–Crippen MR) is 87.5 cm³/mol. The first-order valence-electron chi connectivity index (χ1n) is 6.48. The van der Waals surface area contributed by atoms with Gasteiger partial charge in [-0.3, -0.25) is 4.79 Å². The average molecular weight is 334 g/mol. The number of carbonyl (C=O) groups excluding carboxylic acids is 1. The average Bonchev–Trinajstić information content (AvgIpc) is 2.74. The molecule has 112 valence electrons. The molecule has 1 aliphatic heterocycles. The largest absolute Gasteiger partial charge is 0.321 e. The van der Waals surface area contributed by atoms with Gasteiger partial charge in [0.05, 0.1) is 10.6 Å². The molecule has 2 aromatic carbocycles. The van der Waals surface area contributed by atoms with E-state index in [1.165, 1.54) is 12.1 Å². The number of carbonyl (C=O) groups is 1. The zero-order valence-electron chi connectivity index (χ0n) is 11.6. The molecule has 0 aliphatic carbocycles. The highest BCUT2D eigenvalue weighted by molar-refractivity contribution is 7.90. The van der Waals surface area contributed by atoms with E-state index in [1.54, 1.807) is 36.4 Å². The van der Waals surface area contributed by atoms with Crippen LogP contribution in [0.15, 0.2) is 47.4 Å². The van der Waals surface area contributed by atoms with Crippen molar-refractivity contribution in [1.29, 1.82) is 0 Å². The summed E-state index contributed by atoms with van der Waals surface area (Å²) in [7, 11) is -3.23. The van der Waals surface area contributed by atoms with Crippen molar-refractivity contribution in [3.8, 4) is 0 Å². The molecule has 0 aromatic heterocycles. The van der Waals surface area contributed by atoms with Crippen LogP contribution in [0.3, 0.4) is 0 Å². The number of halogens is 1. The quantitative estimate of drug-likeness (QED) is 0.858. The third kappa shape index (κ3) is 2.77. The lowest BCUT2D eigenvalue weighted by Crippen LogP contribution is -2.03.